The van der Waals surface area contributed by atoms with Crippen LogP contribution in [0.5, 0.6) is 0 Å². The standard InChI is InChI=1S/C36H64NO10P/c1-3-5-7-9-11-12-13-14-15-16-17-18-19-20-22-24-26-28-35(39)47-32(30-45-48(42,43)46-31-33(37)36(40)41)29-44-34(38)27-25-23-21-10-8-6-4-2/h5,7,11-12,14-15,32-33H,3-4,6,8-10,13,16-31,37H2,1-2H3,(H,40,41)(H,42,43)/b7-5-,12-11-,15-14-. The van der Waals surface area contributed by atoms with Gasteiger partial charge in [0.15, 0.2) is 6.10 Å². The molecule has 3 atom stereocenters. The van der Waals surface area contributed by atoms with Crippen LogP contribution in [0.15, 0.2) is 36.5 Å². The normalized spacial score (nSPS) is 14.4. The van der Waals surface area contributed by atoms with Crippen LogP contribution in [0.1, 0.15) is 142 Å². The van der Waals surface area contributed by atoms with Gasteiger partial charge >= 0.3 is 25.7 Å². The highest BCUT2D eigenvalue weighted by molar-refractivity contribution is 7.47. The van der Waals surface area contributed by atoms with E-state index in [2.05, 4.69) is 54.8 Å². The van der Waals surface area contributed by atoms with Gasteiger partial charge in [-0.15, -0.1) is 0 Å². The molecule has 0 fully saturated rings. The molecule has 0 amide bonds. The van der Waals surface area contributed by atoms with Gasteiger partial charge in [0, 0.05) is 12.8 Å². The van der Waals surface area contributed by atoms with Crippen molar-refractivity contribution >= 4 is 25.7 Å². The first-order valence-electron chi connectivity index (χ1n) is 18.0. The van der Waals surface area contributed by atoms with E-state index in [1.807, 2.05) is 0 Å². The first-order valence-corrected chi connectivity index (χ1v) is 19.5. The van der Waals surface area contributed by atoms with Gasteiger partial charge in [0.1, 0.15) is 12.6 Å². The van der Waals surface area contributed by atoms with Gasteiger partial charge in [0.05, 0.1) is 13.2 Å². The number of carbonyl (C=O) groups is 3. The van der Waals surface area contributed by atoms with Crippen molar-refractivity contribution < 1.29 is 47.5 Å². The zero-order chi connectivity index (χ0) is 35.7. The molecule has 0 aromatic carbocycles. The summed E-state index contributed by atoms with van der Waals surface area (Å²) in [5, 5.41) is 8.83. The third kappa shape index (κ3) is 31.0. The molecular formula is C36H64NO10P. The Hall–Kier alpha value is -2.30. The quantitative estimate of drug-likeness (QED) is 0.0259. The average Bonchev–Trinajstić information content (AvgIpc) is 3.05. The second-order valence-electron chi connectivity index (χ2n) is 12.0. The molecule has 0 aliphatic heterocycles. The van der Waals surface area contributed by atoms with Crippen LogP contribution in [-0.2, 0) is 37.5 Å². The minimum absolute atomic E-state index is 0.150. The Morgan fingerprint density at radius 1 is 0.667 bits per heavy atom. The number of carbonyl (C=O) groups excluding carboxylic acids is 2. The van der Waals surface area contributed by atoms with E-state index in [4.69, 9.17) is 24.8 Å². The Bertz CT molecular complexity index is 968. The second-order valence-corrected chi connectivity index (χ2v) is 13.4. The zero-order valence-corrected chi connectivity index (χ0v) is 30.5. The molecule has 0 rings (SSSR count). The van der Waals surface area contributed by atoms with Crippen molar-refractivity contribution in [3.63, 3.8) is 0 Å². The molecule has 0 aliphatic rings. The van der Waals surface area contributed by atoms with E-state index in [1.165, 1.54) is 25.7 Å². The molecular weight excluding hydrogens is 637 g/mol. The number of esters is 2. The molecule has 0 radical (unpaired) electrons. The Balaban J connectivity index is 4.41. The van der Waals surface area contributed by atoms with Gasteiger partial charge in [-0.05, 0) is 44.9 Å². The summed E-state index contributed by atoms with van der Waals surface area (Å²) in [6.45, 7) is 2.60. The van der Waals surface area contributed by atoms with Crippen LogP contribution in [0.3, 0.4) is 0 Å². The third-order valence-electron chi connectivity index (χ3n) is 7.40. The summed E-state index contributed by atoms with van der Waals surface area (Å²) in [6.07, 6.45) is 31.0. The van der Waals surface area contributed by atoms with Crippen molar-refractivity contribution in [2.75, 3.05) is 19.8 Å². The number of carboxylic acid groups (broad SMARTS) is 1. The second kappa shape index (κ2) is 31.9. The summed E-state index contributed by atoms with van der Waals surface area (Å²) in [4.78, 5) is 45.5. The van der Waals surface area contributed by atoms with Crippen LogP contribution in [-0.4, -0.2) is 59.9 Å². The van der Waals surface area contributed by atoms with Gasteiger partial charge in [-0.3, -0.25) is 23.4 Å². The number of ether oxygens (including phenoxy) is 2. The Morgan fingerprint density at radius 3 is 1.75 bits per heavy atom. The number of phosphoric ester groups is 1. The number of carboxylic acids is 1. The van der Waals surface area contributed by atoms with Crippen LogP contribution < -0.4 is 5.73 Å². The summed E-state index contributed by atoms with van der Waals surface area (Å²) >= 11 is 0. The maximum atomic E-state index is 12.5. The number of nitrogens with two attached hydrogens (primary N) is 1. The highest BCUT2D eigenvalue weighted by Gasteiger charge is 2.28. The van der Waals surface area contributed by atoms with Crippen LogP contribution >= 0.6 is 7.82 Å². The molecule has 0 aromatic rings. The molecule has 0 saturated heterocycles. The van der Waals surface area contributed by atoms with Crippen molar-refractivity contribution in [1.29, 1.82) is 0 Å². The lowest BCUT2D eigenvalue weighted by molar-refractivity contribution is -0.161. The number of hydrogen-bond donors (Lipinski definition) is 3. The van der Waals surface area contributed by atoms with Crippen molar-refractivity contribution in [1.82, 2.24) is 0 Å². The van der Waals surface area contributed by atoms with E-state index in [9.17, 15) is 23.8 Å². The highest BCUT2D eigenvalue weighted by atomic mass is 31.2. The van der Waals surface area contributed by atoms with Crippen LogP contribution in [0.25, 0.3) is 0 Å². The number of unbranched alkanes of at least 4 members (excludes halogenated alkanes) is 13. The molecule has 278 valence electrons. The molecule has 0 heterocycles. The molecule has 11 nitrogen and oxygen atoms in total. The van der Waals surface area contributed by atoms with E-state index in [0.717, 1.165) is 77.0 Å². The molecule has 0 spiro atoms. The number of rotatable bonds is 33. The number of allylic oxidation sites excluding steroid dienone is 6. The molecule has 4 N–H and O–H groups in total. The Labute approximate surface area is 289 Å². The first-order chi connectivity index (χ1) is 23.1. The number of hydrogen-bond acceptors (Lipinski definition) is 9. The molecule has 0 saturated carbocycles. The van der Waals surface area contributed by atoms with E-state index >= 15 is 0 Å². The van der Waals surface area contributed by atoms with E-state index < -0.39 is 51.1 Å². The van der Waals surface area contributed by atoms with Crippen molar-refractivity contribution in [2.45, 2.75) is 154 Å². The summed E-state index contributed by atoms with van der Waals surface area (Å²) < 4.78 is 32.4. The molecule has 0 aromatic heterocycles. The summed E-state index contributed by atoms with van der Waals surface area (Å²) in [6, 6.07) is -1.52. The topological polar surface area (TPSA) is 172 Å². The Morgan fingerprint density at radius 2 is 1.17 bits per heavy atom. The predicted molar refractivity (Wildman–Crippen MR) is 189 cm³/mol. The van der Waals surface area contributed by atoms with Crippen LogP contribution in [0.2, 0.25) is 0 Å². The van der Waals surface area contributed by atoms with Crippen LogP contribution in [0.4, 0.5) is 0 Å². The van der Waals surface area contributed by atoms with E-state index in [-0.39, 0.29) is 19.4 Å². The van der Waals surface area contributed by atoms with E-state index in [0.29, 0.717) is 12.8 Å². The highest BCUT2D eigenvalue weighted by Crippen LogP contribution is 2.43. The average molecular weight is 702 g/mol. The maximum absolute atomic E-state index is 12.5. The smallest absolute Gasteiger partial charge is 0.472 e. The monoisotopic (exact) mass is 701 g/mol. The lowest BCUT2D eigenvalue weighted by Gasteiger charge is -2.20. The molecule has 12 heteroatoms. The fourth-order valence-electron chi connectivity index (χ4n) is 4.55. The molecule has 48 heavy (non-hydrogen) atoms. The van der Waals surface area contributed by atoms with Gasteiger partial charge in [-0.1, -0.05) is 121 Å². The maximum Gasteiger partial charge on any atom is 0.472 e. The molecule has 0 aliphatic carbocycles. The van der Waals surface area contributed by atoms with Gasteiger partial charge < -0.3 is 25.2 Å². The summed E-state index contributed by atoms with van der Waals surface area (Å²) in [5.41, 5.74) is 5.30. The minimum atomic E-state index is -4.70. The third-order valence-corrected chi connectivity index (χ3v) is 8.35. The zero-order valence-electron chi connectivity index (χ0n) is 29.6. The first kappa shape index (κ1) is 45.7. The van der Waals surface area contributed by atoms with Crippen molar-refractivity contribution in [3.05, 3.63) is 36.5 Å². The largest absolute Gasteiger partial charge is 0.480 e. The van der Waals surface area contributed by atoms with Gasteiger partial charge in [-0.2, -0.15) is 0 Å². The van der Waals surface area contributed by atoms with Crippen LogP contribution in [0, 0.1) is 0 Å². The fraction of sp³-hybridized carbons (Fsp3) is 0.750. The van der Waals surface area contributed by atoms with Gasteiger partial charge in [0.25, 0.3) is 0 Å². The SMILES string of the molecule is CC/C=C\C/C=C\C/C=C\CCCCCCCCCC(=O)OC(COC(=O)CCCCCCCCC)COP(=O)(O)OCC(N)C(=O)O. The number of aliphatic carboxylic acids is 1. The predicted octanol–water partition coefficient (Wildman–Crippen LogP) is 8.50. The molecule has 0 bridgehead atoms. The van der Waals surface area contributed by atoms with Gasteiger partial charge in [-0.25, -0.2) is 4.57 Å². The lowest BCUT2D eigenvalue weighted by Crippen LogP contribution is -2.34. The number of phosphoric acid groups is 1. The fourth-order valence-corrected chi connectivity index (χ4v) is 5.33. The Kier molecular flexibility index (Phi) is 30.4. The van der Waals surface area contributed by atoms with Crippen molar-refractivity contribution in [3.8, 4) is 0 Å². The minimum Gasteiger partial charge on any atom is -0.480 e. The molecule has 3 unspecified atom stereocenters. The van der Waals surface area contributed by atoms with Crippen molar-refractivity contribution in [2.24, 2.45) is 5.73 Å². The summed E-state index contributed by atoms with van der Waals surface area (Å²) in [7, 11) is -4.70. The van der Waals surface area contributed by atoms with E-state index in [1.54, 1.807) is 0 Å². The van der Waals surface area contributed by atoms with Gasteiger partial charge in [0.2, 0.25) is 0 Å². The summed E-state index contributed by atoms with van der Waals surface area (Å²) in [5.74, 6) is -2.40. The lowest BCUT2D eigenvalue weighted by atomic mass is 10.1.